The van der Waals surface area contributed by atoms with Gasteiger partial charge in [-0.25, -0.2) is 4.98 Å². The summed E-state index contributed by atoms with van der Waals surface area (Å²) in [6.07, 6.45) is 5.49. The van der Waals surface area contributed by atoms with Crippen LogP contribution >= 0.6 is 0 Å². The number of carbonyl (C=O) groups is 1. The number of aromatic nitrogens is 2. The molecule has 146 valence electrons. The van der Waals surface area contributed by atoms with Gasteiger partial charge in [0, 0.05) is 46.0 Å². The number of carbonyl (C=O) groups excluding carboxylic acids is 1. The van der Waals surface area contributed by atoms with E-state index in [0.29, 0.717) is 13.0 Å². The molecule has 1 atom stereocenters. The summed E-state index contributed by atoms with van der Waals surface area (Å²) in [6, 6.07) is 10.1. The van der Waals surface area contributed by atoms with Crippen molar-refractivity contribution in [1.82, 2.24) is 19.4 Å². The molecule has 0 bridgehead atoms. The molecule has 6 heteroatoms. The second-order valence-corrected chi connectivity index (χ2v) is 7.51. The number of rotatable bonds is 7. The van der Waals surface area contributed by atoms with E-state index in [2.05, 4.69) is 9.88 Å². The third-order valence-corrected chi connectivity index (χ3v) is 5.53. The van der Waals surface area contributed by atoms with E-state index in [1.54, 1.807) is 11.1 Å². The van der Waals surface area contributed by atoms with Crippen molar-refractivity contribution in [2.75, 3.05) is 26.7 Å². The lowest BCUT2D eigenvalue weighted by Gasteiger charge is -2.34. The fourth-order valence-corrected chi connectivity index (χ4v) is 3.76. The number of likely N-dealkylation sites (tertiary alicyclic amines) is 1. The third-order valence-electron chi connectivity index (χ3n) is 5.53. The number of aryl methyl sites for hydroxylation is 1. The summed E-state index contributed by atoms with van der Waals surface area (Å²) >= 11 is 0. The first-order valence-corrected chi connectivity index (χ1v) is 9.70. The predicted octanol–water partition coefficient (Wildman–Crippen LogP) is 2.21. The number of amides is 1. The van der Waals surface area contributed by atoms with Crippen LogP contribution in [-0.2, 0) is 18.4 Å². The van der Waals surface area contributed by atoms with Crippen LogP contribution in [0.5, 0.6) is 0 Å². The van der Waals surface area contributed by atoms with Crippen molar-refractivity contribution in [1.29, 1.82) is 0 Å². The maximum Gasteiger partial charge on any atom is 0.223 e. The molecule has 1 saturated heterocycles. The molecule has 3 rings (SSSR count). The molecule has 1 aliphatic rings. The Kier molecular flexibility index (Phi) is 6.63. The van der Waals surface area contributed by atoms with Crippen LogP contribution in [0.2, 0.25) is 0 Å². The molecular formula is C21H30N4O2. The molecule has 6 nitrogen and oxygen atoms in total. The van der Waals surface area contributed by atoms with Crippen molar-refractivity contribution in [2.45, 2.75) is 31.9 Å². The van der Waals surface area contributed by atoms with Gasteiger partial charge in [0.15, 0.2) is 0 Å². The number of hydrogen-bond donors (Lipinski definition) is 1. The fraction of sp³-hybridized carbons (Fsp3) is 0.524. The largest absolute Gasteiger partial charge is 0.385 e. The van der Waals surface area contributed by atoms with Gasteiger partial charge < -0.3 is 19.5 Å². The molecule has 0 spiro atoms. The molecule has 0 aliphatic carbocycles. The minimum atomic E-state index is -0.509. The van der Waals surface area contributed by atoms with Crippen LogP contribution in [0.4, 0.5) is 0 Å². The van der Waals surface area contributed by atoms with E-state index in [1.807, 2.05) is 55.2 Å². The minimum absolute atomic E-state index is 0.175. The summed E-state index contributed by atoms with van der Waals surface area (Å²) in [4.78, 5) is 20.8. The molecule has 1 fully saturated rings. The van der Waals surface area contributed by atoms with E-state index in [1.165, 1.54) is 0 Å². The van der Waals surface area contributed by atoms with Crippen LogP contribution < -0.4 is 0 Å². The Bertz CT molecular complexity index is 723. The summed E-state index contributed by atoms with van der Waals surface area (Å²) < 4.78 is 1.89. The summed E-state index contributed by atoms with van der Waals surface area (Å²) in [5.41, 5.74) is 1.15. The lowest BCUT2D eigenvalue weighted by atomic mass is 9.90. The Morgan fingerprint density at radius 1 is 1.30 bits per heavy atom. The molecule has 2 aromatic rings. The molecular weight excluding hydrogens is 340 g/mol. The summed E-state index contributed by atoms with van der Waals surface area (Å²) in [5, 5.41) is 10.6. The van der Waals surface area contributed by atoms with Crippen molar-refractivity contribution in [3.05, 3.63) is 54.1 Å². The molecule has 0 radical (unpaired) electrons. The number of nitrogens with zero attached hydrogens (tertiary/aromatic N) is 4. The first-order chi connectivity index (χ1) is 13.0. The Hall–Kier alpha value is -2.18. The van der Waals surface area contributed by atoms with Gasteiger partial charge in [0.05, 0.1) is 0 Å². The quantitative estimate of drug-likeness (QED) is 0.812. The van der Waals surface area contributed by atoms with Gasteiger partial charge in [0.25, 0.3) is 0 Å². The normalized spacial score (nSPS) is 17.0. The molecule has 1 aromatic carbocycles. The van der Waals surface area contributed by atoms with E-state index in [9.17, 15) is 9.90 Å². The maximum atomic E-state index is 12.4. The molecule has 1 aliphatic heterocycles. The first kappa shape index (κ1) is 19.6. The van der Waals surface area contributed by atoms with Crippen molar-refractivity contribution in [2.24, 2.45) is 13.0 Å². The second kappa shape index (κ2) is 9.15. The lowest BCUT2D eigenvalue weighted by Crippen LogP contribution is -2.38. The van der Waals surface area contributed by atoms with Crippen LogP contribution in [-0.4, -0.2) is 57.0 Å². The smallest absolute Gasteiger partial charge is 0.223 e. The van der Waals surface area contributed by atoms with Crippen LogP contribution in [0.25, 0.3) is 0 Å². The highest BCUT2D eigenvalue weighted by molar-refractivity contribution is 5.76. The number of piperidine rings is 1. The lowest BCUT2D eigenvalue weighted by molar-refractivity contribution is -0.130. The van der Waals surface area contributed by atoms with Crippen LogP contribution in [0, 0.1) is 5.92 Å². The molecule has 2 heterocycles. The van der Waals surface area contributed by atoms with Crippen LogP contribution in [0.3, 0.4) is 0 Å². The number of aliphatic hydroxyl groups excluding tert-OH is 1. The van der Waals surface area contributed by atoms with Gasteiger partial charge in [-0.05, 0) is 37.4 Å². The molecule has 1 amide bonds. The van der Waals surface area contributed by atoms with Crippen molar-refractivity contribution >= 4 is 5.91 Å². The van der Waals surface area contributed by atoms with Gasteiger partial charge in [-0.15, -0.1) is 0 Å². The van der Waals surface area contributed by atoms with E-state index < -0.39 is 6.10 Å². The first-order valence-electron chi connectivity index (χ1n) is 9.70. The van der Waals surface area contributed by atoms with E-state index in [4.69, 9.17) is 0 Å². The number of hydrogen-bond acceptors (Lipinski definition) is 4. The highest BCUT2D eigenvalue weighted by Crippen LogP contribution is 2.29. The predicted molar refractivity (Wildman–Crippen MR) is 105 cm³/mol. The van der Waals surface area contributed by atoms with Crippen LogP contribution in [0.1, 0.15) is 36.8 Å². The van der Waals surface area contributed by atoms with Gasteiger partial charge in [-0.1, -0.05) is 30.3 Å². The van der Waals surface area contributed by atoms with Gasteiger partial charge in [0.2, 0.25) is 5.91 Å². The Balaban J connectivity index is 1.40. The van der Waals surface area contributed by atoms with Crippen LogP contribution in [0.15, 0.2) is 42.7 Å². The zero-order valence-electron chi connectivity index (χ0n) is 16.3. The zero-order chi connectivity index (χ0) is 19.2. The number of imidazole rings is 1. The van der Waals surface area contributed by atoms with Crippen molar-refractivity contribution < 1.29 is 9.90 Å². The van der Waals surface area contributed by atoms with Gasteiger partial charge in [-0.3, -0.25) is 4.79 Å². The Morgan fingerprint density at radius 2 is 2.00 bits per heavy atom. The molecule has 1 N–H and O–H groups in total. The molecule has 1 aromatic heterocycles. The second-order valence-electron chi connectivity index (χ2n) is 7.51. The van der Waals surface area contributed by atoms with Crippen molar-refractivity contribution in [3.63, 3.8) is 0 Å². The van der Waals surface area contributed by atoms with Crippen molar-refractivity contribution in [3.8, 4) is 0 Å². The Labute approximate surface area is 161 Å². The van der Waals surface area contributed by atoms with Gasteiger partial charge in [0.1, 0.15) is 11.9 Å². The standard InChI is InChI=1S/C21H30N4O2/c1-23-15-11-22-21(23)20(27)18-8-12-25(13-9-18)14-10-19(26)24(2)16-17-6-4-3-5-7-17/h3-7,11,15,18,20,27H,8-10,12-14,16H2,1-2H3/t20-/m1/s1. The average Bonchev–Trinajstić information content (AvgIpc) is 3.12. The van der Waals surface area contributed by atoms with E-state index >= 15 is 0 Å². The maximum absolute atomic E-state index is 12.4. The highest BCUT2D eigenvalue weighted by Gasteiger charge is 2.28. The Morgan fingerprint density at radius 3 is 2.63 bits per heavy atom. The third kappa shape index (κ3) is 5.17. The number of aliphatic hydroxyl groups is 1. The molecule has 27 heavy (non-hydrogen) atoms. The number of benzene rings is 1. The van der Waals surface area contributed by atoms with E-state index in [-0.39, 0.29) is 11.8 Å². The van der Waals surface area contributed by atoms with Gasteiger partial charge in [-0.2, -0.15) is 0 Å². The topological polar surface area (TPSA) is 61.6 Å². The van der Waals surface area contributed by atoms with E-state index in [0.717, 1.165) is 43.9 Å². The SMILES string of the molecule is CN(Cc1ccccc1)C(=O)CCN1CCC([C@@H](O)c2nccn2C)CC1. The highest BCUT2D eigenvalue weighted by atomic mass is 16.3. The zero-order valence-corrected chi connectivity index (χ0v) is 16.3. The minimum Gasteiger partial charge on any atom is -0.385 e. The fourth-order valence-electron chi connectivity index (χ4n) is 3.76. The molecule has 0 saturated carbocycles. The molecule has 0 unspecified atom stereocenters. The monoisotopic (exact) mass is 370 g/mol. The van der Waals surface area contributed by atoms with Gasteiger partial charge >= 0.3 is 0 Å². The summed E-state index contributed by atoms with van der Waals surface area (Å²) in [7, 11) is 3.78. The summed E-state index contributed by atoms with van der Waals surface area (Å²) in [6.45, 7) is 3.27. The summed E-state index contributed by atoms with van der Waals surface area (Å²) in [5.74, 6) is 1.15. The average molecular weight is 370 g/mol.